The zero-order valence-electron chi connectivity index (χ0n) is 9.23. The molecule has 1 radical (unpaired) electrons. The van der Waals surface area contributed by atoms with E-state index >= 15 is 0 Å². The van der Waals surface area contributed by atoms with Crippen LogP contribution in [0.3, 0.4) is 0 Å². The molecule has 0 aliphatic carbocycles. The third-order valence-electron chi connectivity index (χ3n) is 2.15. The fourth-order valence-electron chi connectivity index (χ4n) is 1.32. The Morgan fingerprint density at radius 2 is 1.39 bits per heavy atom. The summed E-state index contributed by atoms with van der Waals surface area (Å²) >= 11 is 9.72. The summed E-state index contributed by atoms with van der Waals surface area (Å²) in [5.41, 5.74) is 1.89. The molecular formula is C13H9Br2N2Se. The van der Waals surface area contributed by atoms with E-state index in [4.69, 9.17) is 0 Å². The molecule has 0 heterocycles. The number of nitrogens with zero attached hydrogens (tertiary/aromatic N) is 1. The summed E-state index contributed by atoms with van der Waals surface area (Å²) in [7, 11) is 0. The third-order valence-corrected chi connectivity index (χ3v) is 3.62. The number of nitrogens with one attached hydrogen (secondary N) is 1. The Bertz CT molecular complexity index is 550. The van der Waals surface area contributed by atoms with Gasteiger partial charge in [-0.05, 0) is 0 Å². The van der Waals surface area contributed by atoms with Gasteiger partial charge in [0.25, 0.3) is 0 Å². The van der Waals surface area contributed by atoms with E-state index in [9.17, 15) is 0 Å². The Balaban J connectivity index is 2.09. The van der Waals surface area contributed by atoms with E-state index in [2.05, 4.69) is 58.2 Å². The molecule has 0 saturated carbocycles. The quantitative estimate of drug-likeness (QED) is 0.423. The average Bonchev–Trinajstić information content (AvgIpc) is 2.35. The van der Waals surface area contributed by atoms with Crippen molar-refractivity contribution >= 4 is 64.0 Å². The fraction of sp³-hybridized carbons (Fsp3) is 0. The molecule has 0 atom stereocenters. The first-order valence-corrected chi connectivity index (χ1v) is 7.61. The first kappa shape index (κ1) is 13.8. The number of anilines is 1. The molecule has 0 spiro atoms. The second-order valence-electron chi connectivity index (χ2n) is 3.53. The van der Waals surface area contributed by atoms with Crippen molar-refractivity contribution in [1.82, 2.24) is 0 Å². The van der Waals surface area contributed by atoms with Crippen LogP contribution >= 0.6 is 31.9 Å². The molecule has 2 aromatic carbocycles. The molecule has 2 nitrogen and oxygen atoms in total. The fourth-order valence-corrected chi connectivity index (χ4v) is 2.31. The minimum atomic E-state index is 0.736. The van der Waals surface area contributed by atoms with Crippen LogP contribution in [0.15, 0.2) is 62.5 Å². The molecule has 2 rings (SSSR count). The van der Waals surface area contributed by atoms with Gasteiger partial charge in [0.2, 0.25) is 0 Å². The van der Waals surface area contributed by atoms with E-state index in [1.54, 1.807) is 0 Å². The molecule has 0 fully saturated rings. The molecule has 0 amide bonds. The summed E-state index contributed by atoms with van der Waals surface area (Å²) in [6, 6.07) is 15.8. The molecule has 2 aromatic rings. The summed E-state index contributed by atoms with van der Waals surface area (Å²) in [5.74, 6) is 0. The molecule has 18 heavy (non-hydrogen) atoms. The van der Waals surface area contributed by atoms with Gasteiger partial charge < -0.3 is 0 Å². The third kappa shape index (κ3) is 4.25. The Morgan fingerprint density at radius 1 is 0.889 bits per heavy atom. The monoisotopic (exact) mass is 431 g/mol. The summed E-state index contributed by atoms with van der Waals surface area (Å²) in [5, 5.41) is 3.19. The Hall–Kier alpha value is -0.611. The van der Waals surface area contributed by atoms with E-state index in [1.807, 2.05) is 48.5 Å². The van der Waals surface area contributed by atoms with E-state index in [1.165, 1.54) is 0 Å². The predicted molar refractivity (Wildman–Crippen MR) is 84.8 cm³/mol. The van der Waals surface area contributed by atoms with Gasteiger partial charge in [0.15, 0.2) is 0 Å². The van der Waals surface area contributed by atoms with Gasteiger partial charge in [0.05, 0.1) is 0 Å². The van der Waals surface area contributed by atoms with Crippen molar-refractivity contribution in [2.75, 3.05) is 5.32 Å². The van der Waals surface area contributed by atoms with Crippen molar-refractivity contribution in [1.29, 1.82) is 0 Å². The molecule has 5 heteroatoms. The number of aliphatic imine (C=N–C) groups is 1. The number of hydrogen-bond donors (Lipinski definition) is 1. The van der Waals surface area contributed by atoms with Gasteiger partial charge in [-0.2, -0.15) is 0 Å². The zero-order valence-corrected chi connectivity index (χ0v) is 14.1. The Morgan fingerprint density at radius 3 is 1.94 bits per heavy atom. The van der Waals surface area contributed by atoms with Crippen LogP contribution in [0.2, 0.25) is 0 Å². The Labute approximate surface area is 131 Å². The molecule has 0 saturated heterocycles. The summed E-state index contributed by atoms with van der Waals surface area (Å²) in [6.45, 7) is 0. The molecule has 0 bridgehead atoms. The van der Waals surface area contributed by atoms with Crippen LogP contribution in [-0.4, -0.2) is 20.7 Å². The molecule has 0 aromatic heterocycles. The minimum absolute atomic E-state index is 0.736. The second kappa shape index (κ2) is 6.53. The van der Waals surface area contributed by atoms with Gasteiger partial charge in [-0.3, -0.25) is 0 Å². The van der Waals surface area contributed by atoms with Crippen LogP contribution in [0.1, 0.15) is 0 Å². The van der Waals surface area contributed by atoms with Crippen molar-refractivity contribution in [3.63, 3.8) is 0 Å². The van der Waals surface area contributed by atoms with Gasteiger partial charge in [0, 0.05) is 0 Å². The molecule has 0 aliphatic rings. The van der Waals surface area contributed by atoms with Crippen LogP contribution in [0.5, 0.6) is 0 Å². The van der Waals surface area contributed by atoms with Gasteiger partial charge in [0.1, 0.15) is 0 Å². The van der Waals surface area contributed by atoms with E-state index in [-0.39, 0.29) is 0 Å². The van der Waals surface area contributed by atoms with Crippen molar-refractivity contribution in [2.45, 2.75) is 0 Å². The Kier molecular flexibility index (Phi) is 5.01. The molecular weight excluding hydrogens is 423 g/mol. The summed E-state index contributed by atoms with van der Waals surface area (Å²) in [4.78, 5) is 4.44. The van der Waals surface area contributed by atoms with Gasteiger partial charge in [-0.1, -0.05) is 0 Å². The number of benzene rings is 2. The van der Waals surface area contributed by atoms with Crippen LogP contribution in [0.4, 0.5) is 11.4 Å². The van der Waals surface area contributed by atoms with Gasteiger partial charge in [-0.25, -0.2) is 0 Å². The van der Waals surface area contributed by atoms with Gasteiger partial charge in [-0.15, -0.1) is 0 Å². The SMILES string of the molecule is [Se]C(=Nc1ccc(Br)cc1)Nc1ccc(Br)cc1. The van der Waals surface area contributed by atoms with Crippen molar-refractivity contribution < 1.29 is 0 Å². The molecule has 1 N–H and O–H groups in total. The number of rotatable bonds is 2. The maximum absolute atomic E-state index is 4.44. The van der Waals surface area contributed by atoms with Crippen LogP contribution in [0, 0.1) is 0 Å². The standard InChI is InChI=1S/C13H9Br2N2Se/c14-9-1-5-11(6-2-9)16-13(18)17-12-7-3-10(15)4-8-12/h1-8H,(H,16,17). The number of halogens is 2. The van der Waals surface area contributed by atoms with Crippen molar-refractivity contribution in [2.24, 2.45) is 4.99 Å². The normalized spacial score (nSPS) is 11.3. The molecule has 91 valence electrons. The first-order valence-electron chi connectivity index (χ1n) is 5.17. The molecule has 0 unspecified atom stereocenters. The number of amidine groups is 1. The maximum atomic E-state index is 4.44. The van der Waals surface area contributed by atoms with Crippen LogP contribution in [0.25, 0.3) is 0 Å². The van der Waals surface area contributed by atoms with Crippen LogP contribution < -0.4 is 5.32 Å². The summed E-state index contributed by atoms with van der Waals surface area (Å²) in [6.07, 6.45) is 0. The first-order chi connectivity index (χ1) is 8.63. The predicted octanol–water partition coefficient (Wildman–Crippen LogP) is 4.48. The topological polar surface area (TPSA) is 24.4 Å². The number of hydrogen-bond acceptors (Lipinski definition) is 1. The van der Waals surface area contributed by atoms with Crippen LogP contribution in [-0.2, 0) is 0 Å². The average molecular weight is 432 g/mol. The molecule has 0 aliphatic heterocycles. The summed E-state index contributed by atoms with van der Waals surface area (Å²) < 4.78 is 2.84. The van der Waals surface area contributed by atoms with Gasteiger partial charge >= 0.3 is 132 Å². The zero-order chi connectivity index (χ0) is 13.0. The van der Waals surface area contributed by atoms with E-state index < -0.39 is 0 Å². The van der Waals surface area contributed by atoms with Crippen molar-refractivity contribution in [3.8, 4) is 0 Å². The second-order valence-corrected chi connectivity index (χ2v) is 6.17. The van der Waals surface area contributed by atoms with E-state index in [0.29, 0.717) is 0 Å². The van der Waals surface area contributed by atoms with E-state index in [0.717, 1.165) is 25.1 Å². The van der Waals surface area contributed by atoms with Crippen molar-refractivity contribution in [3.05, 3.63) is 57.5 Å².